The zero-order chi connectivity index (χ0) is 11.4. The van der Waals surface area contributed by atoms with Crippen LogP contribution < -0.4 is 0 Å². The van der Waals surface area contributed by atoms with E-state index in [-0.39, 0.29) is 23.6 Å². The summed E-state index contributed by atoms with van der Waals surface area (Å²) in [5.74, 6) is -0.907. The number of Topliss-reactive ketones (excluding diaryl/α,β-unsaturated/α-hetero) is 1. The minimum absolute atomic E-state index is 0.120. The Morgan fingerprint density at radius 3 is 2.60 bits per heavy atom. The number of aryl methyl sites for hydroxylation is 1. The molecule has 1 rings (SSSR count). The summed E-state index contributed by atoms with van der Waals surface area (Å²) in [5, 5.41) is 8.77. The monoisotopic (exact) mass is 226 g/mol. The van der Waals surface area contributed by atoms with Crippen molar-refractivity contribution < 1.29 is 14.7 Å². The van der Waals surface area contributed by atoms with Crippen molar-refractivity contribution in [3.63, 3.8) is 0 Å². The summed E-state index contributed by atoms with van der Waals surface area (Å²) in [6.07, 6.45) is 0.228. The topological polar surface area (TPSA) is 54.4 Å². The lowest BCUT2D eigenvalue weighted by atomic mass is 10.0. The summed E-state index contributed by atoms with van der Waals surface area (Å²) in [7, 11) is 0. The highest BCUT2D eigenvalue weighted by atomic mass is 35.5. The van der Waals surface area contributed by atoms with Crippen LogP contribution in [0.3, 0.4) is 0 Å². The average molecular weight is 227 g/mol. The Labute approximate surface area is 92.7 Å². The molecule has 0 aromatic heterocycles. The lowest BCUT2D eigenvalue weighted by molar-refractivity contribution is 0.0697. The Hall–Kier alpha value is -1.35. The molecule has 1 aromatic carbocycles. The van der Waals surface area contributed by atoms with Gasteiger partial charge < -0.3 is 5.11 Å². The van der Waals surface area contributed by atoms with Gasteiger partial charge in [0.05, 0.1) is 5.56 Å². The molecule has 0 radical (unpaired) electrons. The molecule has 0 aliphatic rings. The zero-order valence-corrected chi connectivity index (χ0v) is 9.04. The van der Waals surface area contributed by atoms with Crippen molar-refractivity contribution in [3.05, 3.63) is 34.9 Å². The Kier molecular flexibility index (Phi) is 3.86. The van der Waals surface area contributed by atoms with Gasteiger partial charge in [-0.1, -0.05) is 6.07 Å². The number of carbonyl (C=O) groups excluding carboxylic acids is 1. The number of ketones is 1. The van der Waals surface area contributed by atoms with Crippen LogP contribution in [0, 0.1) is 6.92 Å². The van der Waals surface area contributed by atoms with Crippen LogP contribution in [0.4, 0.5) is 0 Å². The largest absolute Gasteiger partial charge is 0.478 e. The van der Waals surface area contributed by atoms with Crippen LogP contribution >= 0.6 is 11.6 Å². The van der Waals surface area contributed by atoms with Gasteiger partial charge >= 0.3 is 5.97 Å². The number of rotatable bonds is 4. The number of hydrogen-bond donors (Lipinski definition) is 1. The van der Waals surface area contributed by atoms with Gasteiger partial charge in [0.2, 0.25) is 0 Å². The third-order valence-corrected chi connectivity index (χ3v) is 2.30. The quantitative estimate of drug-likeness (QED) is 0.634. The van der Waals surface area contributed by atoms with Crippen molar-refractivity contribution in [2.24, 2.45) is 0 Å². The van der Waals surface area contributed by atoms with Gasteiger partial charge in [-0.3, -0.25) is 4.79 Å². The van der Waals surface area contributed by atoms with Crippen LogP contribution in [0.25, 0.3) is 0 Å². The molecule has 0 fully saturated rings. The fourth-order valence-corrected chi connectivity index (χ4v) is 1.45. The van der Waals surface area contributed by atoms with Gasteiger partial charge in [-0.2, -0.15) is 0 Å². The lowest BCUT2D eigenvalue weighted by Gasteiger charge is -2.04. The maximum absolute atomic E-state index is 11.6. The highest BCUT2D eigenvalue weighted by molar-refractivity contribution is 6.19. The molecule has 15 heavy (non-hydrogen) atoms. The molecule has 0 saturated heterocycles. The van der Waals surface area contributed by atoms with E-state index in [1.165, 1.54) is 12.1 Å². The molecule has 0 heterocycles. The van der Waals surface area contributed by atoms with Gasteiger partial charge in [-0.25, -0.2) is 4.79 Å². The number of carbonyl (C=O) groups is 2. The number of carboxylic acid groups (broad SMARTS) is 1. The van der Waals surface area contributed by atoms with Crippen LogP contribution in [-0.2, 0) is 0 Å². The smallest absolute Gasteiger partial charge is 0.335 e. The molecule has 0 bridgehead atoms. The van der Waals surface area contributed by atoms with Crippen molar-refractivity contribution in [2.45, 2.75) is 13.3 Å². The molecule has 1 N–H and O–H groups in total. The first-order valence-corrected chi connectivity index (χ1v) is 5.03. The van der Waals surface area contributed by atoms with Crippen LogP contribution in [0.5, 0.6) is 0 Å². The van der Waals surface area contributed by atoms with Crippen molar-refractivity contribution in [1.82, 2.24) is 0 Å². The van der Waals surface area contributed by atoms with Crippen LogP contribution in [0.2, 0.25) is 0 Å². The van der Waals surface area contributed by atoms with Gasteiger partial charge in [0.15, 0.2) is 5.78 Å². The van der Waals surface area contributed by atoms with E-state index in [2.05, 4.69) is 0 Å². The first-order valence-electron chi connectivity index (χ1n) is 4.49. The summed E-state index contributed by atoms with van der Waals surface area (Å²) in [6.45, 7) is 1.77. The number of aromatic carboxylic acids is 1. The predicted octanol–water partition coefficient (Wildman–Crippen LogP) is 2.50. The Bertz CT molecular complexity index is 399. The van der Waals surface area contributed by atoms with E-state index >= 15 is 0 Å². The fraction of sp³-hybridized carbons (Fsp3) is 0.273. The zero-order valence-electron chi connectivity index (χ0n) is 8.29. The molecule has 0 spiro atoms. The Morgan fingerprint density at radius 1 is 1.40 bits per heavy atom. The van der Waals surface area contributed by atoms with Crippen LogP contribution in [0.15, 0.2) is 18.2 Å². The highest BCUT2D eigenvalue weighted by Crippen LogP contribution is 2.13. The van der Waals surface area contributed by atoms with Crippen molar-refractivity contribution in [1.29, 1.82) is 0 Å². The van der Waals surface area contributed by atoms with E-state index in [4.69, 9.17) is 16.7 Å². The van der Waals surface area contributed by atoms with Gasteiger partial charge in [0.25, 0.3) is 0 Å². The van der Waals surface area contributed by atoms with Gasteiger partial charge in [-0.15, -0.1) is 11.6 Å². The van der Waals surface area contributed by atoms with Gasteiger partial charge in [0, 0.05) is 17.9 Å². The Balaban J connectivity index is 3.10. The molecular weight excluding hydrogens is 216 g/mol. The van der Waals surface area contributed by atoms with E-state index < -0.39 is 5.97 Å². The summed E-state index contributed by atoms with van der Waals surface area (Å²) < 4.78 is 0. The molecule has 0 amide bonds. The summed E-state index contributed by atoms with van der Waals surface area (Å²) in [5.41, 5.74) is 1.34. The molecule has 80 valence electrons. The number of alkyl halides is 1. The van der Waals surface area contributed by atoms with E-state index in [1.807, 2.05) is 0 Å². The standard InChI is InChI=1S/C11H11ClO3/c1-7-2-3-8(11(14)15)6-9(7)10(13)4-5-12/h2-3,6H,4-5H2,1H3,(H,14,15). The first kappa shape index (κ1) is 11.7. The molecule has 0 saturated carbocycles. The number of halogens is 1. The normalized spacial score (nSPS) is 10.0. The van der Waals surface area contributed by atoms with E-state index in [9.17, 15) is 9.59 Å². The summed E-state index contributed by atoms with van der Waals surface area (Å²) in [6, 6.07) is 4.51. The second-order valence-electron chi connectivity index (χ2n) is 3.20. The molecule has 3 nitrogen and oxygen atoms in total. The fourth-order valence-electron chi connectivity index (χ4n) is 1.28. The maximum atomic E-state index is 11.6. The van der Waals surface area contributed by atoms with E-state index in [1.54, 1.807) is 13.0 Å². The molecular formula is C11H11ClO3. The maximum Gasteiger partial charge on any atom is 0.335 e. The second kappa shape index (κ2) is 4.94. The number of benzene rings is 1. The van der Waals surface area contributed by atoms with Gasteiger partial charge in [0.1, 0.15) is 0 Å². The van der Waals surface area contributed by atoms with Gasteiger partial charge in [-0.05, 0) is 24.6 Å². The van der Waals surface area contributed by atoms with Crippen molar-refractivity contribution in [3.8, 4) is 0 Å². The third kappa shape index (κ3) is 2.80. The van der Waals surface area contributed by atoms with Crippen molar-refractivity contribution >= 4 is 23.4 Å². The lowest BCUT2D eigenvalue weighted by Crippen LogP contribution is -2.05. The molecule has 0 aliphatic heterocycles. The Morgan fingerprint density at radius 2 is 2.07 bits per heavy atom. The highest BCUT2D eigenvalue weighted by Gasteiger charge is 2.11. The first-order chi connectivity index (χ1) is 7.06. The average Bonchev–Trinajstić information content (AvgIpc) is 2.18. The molecule has 1 aromatic rings. The predicted molar refractivity (Wildman–Crippen MR) is 57.8 cm³/mol. The third-order valence-electron chi connectivity index (χ3n) is 2.11. The molecule has 4 heteroatoms. The van der Waals surface area contributed by atoms with Crippen LogP contribution in [-0.4, -0.2) is 22.7 Å². The number of hydrogen-bond acceptors (Lipinski definition) is 2. The molecule has 0 atom stereocenters. The van der Waals surface area contributed by atoms with Crippen molar-refractivity contribution in [2.75, 3.05) is 5.88 Å². The summed E-state index contributed by atoms with van der Waals surface area (Å²) >= 11 is 5.46. The minimum Gasteiger partial charge on any atom is -0.478 e. The molecule has 0 unspecified atom stereocenters. The van der Waals surface area contributed by atoms with E-state index in [0.29, 0.717) is 5.56 Å². The number of carboxylic acids is 1. The molecule has 0 aliphatic carbocycles. The second-order valence-corrected chi connectivity index (χ2v) is 3.57. The van der Waals surface area contributed by atoms with E-state index in [0.717, 1.165) is 5.56 Å². The van der Waals surface area contributed by atoms with Crippen LogP contribution in [0.1, 0.15) is 32.7 Å². The minimum atomic E-state index is -1.03. The SMILES string of the molecule is Cc1ccc(C(=O)O)cc1C(=O)CCCl. The summed E-state index contributed by atoms with van der Waals surface area (Å²) in [4.78, 5) is 22.3.